The van der Waals surface area contributed by atoms with Crippen LogP contribution in [-0.4, -0.2) is 18.7 Å². The normalized spacial score (nSPS) is 16.0. The third-order valence-corrected chi connectivity index (χ3v) is 10.3. The summed E-state index contributed by atoms with van der Waals surface area (Å²) in [4.78, 5) is 5.11. The first kappa shape index (κ1) is 24.4. The van der Waals surface area contributed by atoms with Crippen molar-refractivity contribution >= 4 is 45.0 Å². The Kier molecular flexibility index (Phi) is 4.71. The van der Waals surface area contributed by atoms with Crippen LogP contribution in [0.2, 0.25) is 0 Å². The lowest BCUT2D eigenvalue weighted by atomic mass is 9.85. The van der Waals surface area contributed by atoms with E-state index in [9.17, 15) is 0 Å². The molecule has 0 saturated heterocycles. The first-order valence-electron chi connectivity index (χ1n) is 15.9. The van der Waals surface area contributed by atoms with Crippen molar-refractivity contribution in [1.82, 2.24) is 18.7 Å². The van der Waals surface area contributed by atoms with Gasteiger partial charge < -0.3 is 9.13 Å². The molecular formula is C40H32N4. The van der Waals surface area contributed by atoms with Crippen molar-refractivity contribution in [2.24, 2.45) is 0 Å². The molecule has 1 aliphatic heterocycles. The molecule has 44 heavy (non-hydrogen) atoms. The van der Waals surface area contributed by atoms with Gasteiger partial charge in [0.1, 0.15) is 5.82 Å². The molecule has 0 bridgehead atoms. The number of para-hydroxylation sites is 3. The molecule has 0 saturated carbocycles. The Hall–Kier alpha value is -5.09. The van der Waals surface area contributed by atoms with E-state index in [1.54, 1.807) is 0 Å². The molecule has 3 aromatic heterocycles. The molecule has 4 nitrogen and oxygen atoms in total. The highest BCUT2D eigenvalue weighted by Crippen LogP contribution is 2.46. The molecule has 4 aromatic carbocycles. The summed E-state index contributed by atoms with van der Waals surface area (Å²) in [6, 6.07) is 31.4. The van der Waals surface area contributed by atoms with Crippen molar-refractivity contribution in [2.75, 3.05) is 0 Å². The van der Waals surface area contributed by atoms with Crippen LogP contribution in [0.5, 0.6) is 0 Å². The molecule has 0 amide bonds. The van der Waals surface area contributed by atoms with Crippen LogP contribution in [0.15, 0.2) is 97.1 Å². The highest BCUT2D eigenvalue weighted by Gasteiger charge is 2.39. The van der Waals surface area contributed by atoms with Gasteiger partial charge in [0, 0.05) is 33.5 Å². The monoisotopic (exact) mass is 568 g/mol. The fourth-order valence-electron chi connectivity index (χ4n) is 8.26. The number of hydrogen-bond donors (Lipinski definition) is 0. The van der Waals surface area contributed by atoms with Gasteiger partial charge in [-0.25, -0.2) is 4.98 Å². The molecule has 7 aromatic rings. The number of imidazole rings is 1. The van der Waals surface area contributed by atoms with Crippen molar-refractivity contribution in [3.8, 4) is 17.1 Å². The van der Waals surface area contributed by atoms with Gasteiger partial charge in [0.05, 0.1) is 33.2 Å². The quantitative estimate of drug-likeness (QED) is 0.204. The molecule has 0 N–H and O–H groups in total. The Morgan fingerprint density at radius 3 is 2.00 bits per heavy atom. The average molecular weight is 569 g/mol. The van der Waals surface area contributed by atoms with Gasteiger partial charge in [-0.2, -0.15) is 0 Å². The second-order valence-corrected chi connectivity index (χ2v) is 13.1. The Morgan fingerprint density at radius 2 is 1.27 bits per heavy atom. The lowest BCUT2D eigenvalue weighted by molar-refractivity contribution is 0.621. The van der Waals surface area contributed by atoms with E-state index in [0.717, 1.165) is 37.0 Å². The van der Waals surface area contributed by atoms with Crippen molar-refractivity contribution in [3.05, 3.63) is 131 Å². The Labute approximate surface area is 256 Å². The van der Waals surface area contributed by atoms with E-state index in [0.29, 0.717) is 0 Å². The van der Waals surface area contributed by atoms with Gasteiger partial charge in [-0.05, 0) is 123 Å². The zero-order chi connectivity index (χ0) is 29.2. The van der Waals surface area contributed by atoms with Gasteiger partial charge in [-0.3, -0.25) is 4.57 Å². The minimum atomic E-state index is -0.204. The summed E-state index contributed by atoms with van der Waals surface area (Å²) >= 11 is 0. The number of benzene rings is 4. The molecular weight excluding hydrogens is 536 g/mol. The number of allylic oxidation sites excluding steroid dienone is 2. The number of aryl methyl sites for hydroxylation is 2. The number of aromatic nitrogens is 4. The van der Waals surface area contributed by atoms with E-state index in [1.807, 2.05) is 0 Å². The largest absolute Gasteiger partial charge is 0.310 e. The Morgan fingerprint density at radius 1 is 0.614 bits per heavy atom. The number of nitrogens with zero attached hydrogens (tertiary/aromatic N) is 4. The van der Waals surface area contributed by atoms with Crippen LogP contribution in [0.25, 0.3) is 62.1 Å². The maximum absolute atomic E-state index is 5.11. The molecule has 2 aliphatic carbocycles. The first-order chi connectivity index (χ1) is 21.6. The molecule has 0 spiro atoms. The Bertz CT molecular complexity index is 2410. The third kappa shape index (κ3) is 3.05. The van der Waals surface area contributed by atoms with E-state index in [2.05, 4.69) is 137 Å². The van der Waals surface area contributed by atoms with Crippen LogP contribution in [-0.2, 0) is 18.3 Å². The van der Waals surface area contributed by atoms with Gasteiger partial charge in [-0.15, -0.1) is 0 Å². The molecule has 4 heteroatoms. The maximum Gasteiger partial charge on any atom is 0.124 e. The molecule has 3 aliphatic rings. The maximum atomic E-state index is 5.11. The van der Waals surface area contributed by atoms with E-state index < -0.39 is 0 Å². The smallest absolute Gasteiger partial charge is 0.124 e. The fraction of sp³-hybridized carbons (Fsp3) is 0.175. The van der Waals surface area contributed by atoms with Gasteiger partial charge in [0.15, 0.2) is 0 Å². The van der Waals surface area contributed by atoms with Gasteiger partial charge in [0.25, 0.3) is 0 Å². The highest BCUT2D eigenvalue weighted by atomic mass is 15.1. The van der Waals surface area contributed by atoms with Crippen molar-refractivity contribution in [3.63, 3.8) is 0 Å². The fourth-order valence-corrected chi connectivity index (χ4v) is 8.26. The summed E-state index contributed by atoms with van der Waals surface area (Å²) in [6.45, 7) is 4.63. The summed E-state index contributed by atoms with van der Waals surface area (Å²) in [5.41, 5.74) is 15.2. The van der Waals surface area contributed by atoms with E-state index in [4.69, 9.17) is 4.98 Å². The number of fused-ring (bicyclic) bond motifs is 11. The van der Waals surface area contributed by atoms with Crippen LogP contribution < -0.4 is 0 Å². The summed E-state index contributed by atoms with van der Waals surface area (Å²) < 4.78 is 7.36. The zero-order valence-electron chi connectivity index (χ0n) is 25.0. The molecule has 212 valence electrons. The van der Waals surface area contributed by atoms with Crippen molar-refractivity contribution in [2.45, 2.75) is 44.9 Å². The lowest BCUT2D eigenvalue weighted by Gasteiger charge is -2.20. The van der Waals surface area contributed by atoms with Gasteiger partial charge in [-0.1, -0.05) is 42.5 Å². The topological polar surface area (TPSA) is 27.7 Å². The molecule has 4 heterocycles. The van der Waals surface area contributed by atoms with E-state index >= 15 is 0 Å². The minimum absolute atomic E-state index is 0.204. The Balaban J connectivity index is 1.26. The standard InChI is InChI=1S/C40H32N4/c1-40(2)31-22-26(20-21-35(31)44-36-19-11-8-16-32(36)41-39(40)44)43-34-18-10-7-15-28(34)30-23-29-27-14-6-9-17-33(27)42(37(29)24-38(30)43)25-12-4-3-5-13-25/h3-5,8-13,16-24H,6-7,14-15H2,1-2H3. The highest BCUT2D eigenvalue weighted by molar-refractivity contribution is 6.04. The van der Waals surface area contributed by atoms with Crippen LogP contribution in [0.4, 0.5) is 0 Å². The minimum Gasteiger partial charge on any atom is -0.310 e. The first-order valence-corrected chi connectivity index (χ1v) is 15.9. The van der Waals surface area contributed by atoms with Crippen molar-refractivity contribution < 1.29 is 0 Å². The third-order valence-electron chi connectivity index (χ3n) is 10.3. The van der Waals surface area contributed by atoms with Crippen LogP contribution in [0.1, 0.15) is 60.6 Å². The zero-order valence-corrected chi connectivity index (χ0v) is 25.0. The average Bonchev–Trinajstić information content (AvgIpc) is 3.76. The molecule has 0 fully saturated rings. The number of hydrogen-bond acceptors (Lipinski definition) is 1. The SMILES string of the molecule is CC1(C)c2cc(-n3c4c(c5cc6c7c(n(-c8ccccc8)c6cc53)C=CCC7)CCC=C4)ccc2-n2c1nc1ccccc12. The van der Waals surface area contributed by atoms with Crippen molar-refractivity contribution in [1.29, 1.82) is 0 Å². The second kappa shape index (κ2) is 8.51. The lowest BCUT2D eigenvalue weighted by Crippen LogP contribution is -2.17. The molecule has 0 atom stereocenters. The van der Waals surface area contributed by atoms with Crippen LogP contribution in [0.3, 0.4) is 0 Å². The van der Waals surface area contributed by atoms with E-state index in [-0.39, 0.29) is 5.41 Å². The van der Waals surface area contributed by atoms with E-state index in [1.165, 1.54) is 72.5 Å². The summed E-state index contributed by atoms with van der Waals surface area (Å²) in [6.07, 6.45) is 13.7. The summed E-state index contributed by atoms with van der Waals surface area (Å²) in [7, 11) is 0. The van der Waals surface area contributed by atoms with Crippen LogP contribution in [0, 0.1) is 0 Å². The second-order valence-electron chi connectivity index (χ2n) is 13.1. The summed E-state index contributed by atoms with van der Waals surface area (Å²) in [5, 5.41) is 2.78. The molecule has 0 unspecified atom stereocenters. The predicted octanol–water partition coefficient (Wildman–Crippen LogP) is 9.47. The molecule has 0 radical (unpaired) electrons. The van der Waals surface area contributed by atoms with Gasteiger partial charge >= 0.3 is 0 Å². The van der Waals surface area contributed by atoms with Gasteiger partial charge in [0.2, 0.25) is 0 Å². The predicted molar refractivity (Wildman–Crippen MR) is 182 cm³/mol. The van der Waals surface area contributed by atoms with Crippen LogP contribution >= 0.6 is 0 Å². The molecule has 10 rings (SSSR count). The summed E-state index contributed by atoms with van der Waals surface area (Å²) in [5.74, 6) is 1.12. The number of rotatable bonds is 2.